The molecule has 0 bridgehead atoms. The molecule has 0 saturated heterocycles. The lowest BCUT2D eigenvalue weighted by Gasteiger charge is -2.03. The highest BCUT2D eigenvalue weighted by molar-refractivity contribution is 5.69. The molecule has 0 aromatic carbocycles. The molecule has 164 valence electrons. The molecule has 0 saturated carbocycles. The fourth-order valence-electron chi connectivity index (χ4n) is 2.87. The second kappa shape index (κ2) is 25.4. The van der Waals surface area contributed by atoms with Gasteiger partial charge >= 0.3 is 5.97 Å². The normalized spacial score (nSPS) is 10.4. The monoisotopic (exact) mass is 396 g/mol. The largest absolute Gasteiger partial charge is 0.481 e. The van der Waals surface area contributed by atoms with E-state index in [1.807, 2.05) is 0 Å². The lowest BCUT2D eigenvalue weighted by atomic mass is 10.0. The Morgan fingerprint density at radius 3 is 1.50 bits per heavy atom. The van der Waals surface area contributed by atoms with Crippen molar-refractivity contribution in [2.24, 2.45) is 0 Å². The van der Waals surface area contributed by atoms with Crippen molar-refractivity contribution in [3.8, 4) is 0 Å². The number of ether oxygens (including phenoxy) is 1. The summed E-state index contributed by atoms with van der Waals surface area (Å²) in [6.45, 7) is 6.88. The van der Waals surface area contributed by atoms with Crippen LogP contribution in [0.2, 0.25) is 0 Å². The van der Waals surface area contributed by atoms with Crippen LogP contribution in [0.25, 0.3) is 0 Å². The maximum atomic E-state index is 11.3. The minimum Gasteiger partial charge on any atom is -0.481 e. The first kappa shape index (κ1) is 28.6. The summed E-state index contributed by atoms with van der Waals surface area (Å²) in [5.41, 5.74) is 0. The Morgan fingerprint density at radius 2 is 1.14 bits per heavy atom. The highest BCUT2D eigenvalue weighted by Gasteiger charge is 2.00. The zero-order valence-corrected chi connectivity index (χ0v) is 18.4. The van der Waals surface area contributed by atoms with E-state index >= 15 is 0 Å². The third-order valence-electron chi connectivity index (χ3n) is 4.40. The molecule has 0 heterocycles. The van der Waals surface area contributed by atoms with Crippen molar-refractivity contribution in [1.29, 1.82) is 0 Å². The number of carbonyl (C=O) groups excluding carboxylic acids is 1. The van der Waals surface area contributed by atoms with Gasteiger partial charge in [0.05, 0.1) is 6.26 Å². The van der Waals surface area contributed by atoms with Gasteiger partial charge in [-0.3, -0.25) is 9.59 Å². The third-order valence-corrected chi connectivity index (χ3v) is 4.40. The Hall–Kier alpha value is -1.58. The third kappa shape index (κ3) is 32.1. The molecule has 0 rings (SSSR count). The van der Waals surface area contributed by atoms with Crippen LogP contribution in [0.5, 0.6) is 0 Å². The smallest absolute Gasteiger partial charge is 0.310 e. The van der Waals surface area contributed by atoms with Gasteiger partial charge in [-0.1, -0.05) is 109 Å². The Morgan fingerprint density at radius 1 is 0.786 bits per heavy atom. The molecule has 28 heavy (non-hydrogen) atoms. The first-order valence-electron chi connectivity index (χ1n) is 11.2. The maximum absolute atomic E-state index is 11.3. The quantitative estimate of drug-likeness (QED) is 0.112. The van der Waals surface area contributed by atoms with E-state index in [0.717, 1.165) is 19.8 Å². The van der Waals surface area contributed by atoms with Crippen LogP contribution in [-0.4, -0.2) is 17.0 Å². The van der Waals surface area contributed by atoms with E-state index in [2.05, 4.69) is 13.5 Å². The topological polar surface area (TPSA) is 63.6 Å². The van der Waals surface area contributed by atoms with Crippen molar-refractivity contribution >= 4 is 11.9 Å². The van der Waals surface area contributed by atoms with Crippen molar-refractivity contribution in [3.05, 3.63) is 25.0 Å². The first-order valence-corrected chi connectivity index (χ1v) is 11.2. The van der Waals surface area contributed by atoms with Gasteiger partial charge in [-0.25, -0.2) is 0 Å². The average molecular weight is 397 g/mol. The fraction of sp³-hybridized carbons (Fsp3) is 0.750. The second-order valence-electron chi connectivity index (χ2n) is 7.27. The molecule has 0 atom stereocenters. The minimum absolute atomic E-state index is 0.136. The Balaban J connectivity index is 0. The lowest BCUT2D eigenvalue weighted by Crippen LogP contribution is -1.98. The fourth-order valence-corrected chi connectivity index (χ4v) is 2.87. The van der Waals surface area contributed by atoms with Crippen LogP contribution in [0.4, 0.5) is 0 Å². The zero-order chi connectivity index (χ0) is 21.3. The van der Waals surface area contributed by atoms with Crippen LogP contribution in [0.1, 0.15) is 117 Å². The summed E-state index contributed by atoms with van der Waals surface area (Å²) in [5.74, 6) is -0.970. The molecule has 0 amide bonds. The van der Waals surface area contributed by atoms with Crippen molar-refractivity contribution < 1.29 is 19.4 Å². The van der Waals surface area contributed by atoms with Gasteiger partial charge in [-0.2, -0.15) is 0 Å². The van der Waals surface area contributed by atoms with Gasteiger partial charge in [-0.15, -0.1) is 0 Å². The molecular formula is C24H44O4. The van der Waals surface area contributed by atoms with Gasteiger partial charge in [0.1, 0.15) is 0 Å². The molecule has 0 aliphatic carbocycles. The van der Waals surface area contributed by atoms with E-state index < -0.39 is 5.97 Å². The molecule has 0 aromatic heterocycles. The van der Waals surface area contributed by atoms with Crippen molar-refractivity contribution in [1.82, 2.24) is 0 Å². The van der Waals surface area contributed by atoms with E-state index in [1.165, 1.54) is 89.7 Å². The molecule has 4 nitrogen and oxygen atoms in total. The number of carboxylic acids is 1. The Labute approximate surface area is 173 Å². The predicted octanol–water partition coefficient (Wildman–Crippen LogP) is 7.58. The highest BCUT2D eigenvalue weighted by atomic mass is 16.5. The van der Waals surface area contributed by atoms with E-state index in [1.54, 1.807) is 12.2 Å². The SMILES string of the molecule is C=CC=COC(=O)CCCCCCCCCCCCCCCCC.CC(=O)O. The Kier molecular flexibility index (Phi) is 26.0. The van der Waals surface area contributed by atoms with Gasteiger partial charge in [-0.05, 0) is 12.5 Å². The molecule has 0 radical (unpaired) electrons. The summed E-state index contributed by atoms with van der Waals surface area (Å²) in [5, 5.41) is 7.42. The zero-order valence-electron chi connectivity index (χ0n) is 18.4. The highest BCUT2D eigenvalue weighted by Crippen LogP contribution is 2.13. The number of carboxylic acid groups (broad SMARTS) is 1. The molecule has 0 aliphatic rings. The van der Waals surface area contributed by atoms with Gasteiger partial charge in [0.25, 0.3) is 5.97 Å². The van der Waals surface area contributed by atoms with Gasteiger partial charge in [0, 0.05) is 13.3 Å². The maximum Gasteiger partial charge on any atom is 0.310 e. The minimum atomic E-state index is -0.833. The number of allylic oxidation sites excluding steroid dienone is 2. The number of unbranched alkanes of at least 4 members (excludes halogenated alkanes) is 14. The van der Waals surface area contributed by atoms with Crippen LogP contribution >= 0.6 is 0 Å². The average Bonchev–Trinajstić information content (AvgIpc) is 2.64. The van der Waals surface area contributed by atoms with Crippen LogP contribution < -0.4 is 0 Å². The molecule has 0 fully saturated rings. The molecule has 0 spiro atoms. The van der Waals surface area contributed by atoms with Crippen LogP contribution in [-0.2, 0) is 14.3 Å². The second-order valence-corrected chi connectivity index (χ2v) is 7.27. The van der Waals surface area contributed by atoms with Gasteiger partial charge in [0.15, 0.2) is 0 Å². The van der Waals surface area contributed by atoms with Crippen molar-refractivity contribution in [2.75, 3.05) is 0 Å². The number of carbonyl (C=O) groups is 2. The van der Waals surface area contributed by atoms with E-state index in [0.29, 0.717) is 6.42 Å². The first-order chi connectivity index (χ1) is 13.5. The number of hydrogen-bond donors (Lipinski definition) is 1. The molecule has 4 heteroatoms. The molecule has 0 unspecified atom stereocenters. The van der Waals surface area contributed by atoms with E-state index in [9.17, 15) is 4.79 Å². The summed E-state index contributed by atoms with van der Waals surface area (Å²) < 4.78 is 4.91. The molecule has 0 aliphatic heterocycles. The number of esters is 1. The van der Waals surface area contributed by atoms with Crippen LogP contribution in [0.15, 0.2) is 25.0 Å². The summed E-state index contributed by atoms with van der Waals surface area (Å²) in [4.78, 5) is 20.3. The van der Waals surface area contributed by atoms with E-state index in [4.69, 9.17) is 14.6 Å². The summed E-state index contributed by atoms with van der Waals surface area (Å²) >= 11 is 0. The molecular weight excluding hydrogens is 352 g/mol. The van der Waals surface area contributed by atoms with Crippen molar-refractivity contribution in [3.63, 3.8) is 0 Å². The van der Waals surface area contributed by atoms with Crippen LogP contribution in [0.3, 0.4) is 0 Å². The van der Waals surface area contributed by atoms with Gasteiger partial charge in [0.2, 0.25) is 0 Å². The number of rotatable bonds is 18. The molecule has 0 aromatic rings. The Bertz CT molecular complexity index is 384. The van der Waals surface area contributed by atoms with Crippen LogP contribution in [0, 0.1) is 0 Å². The van der Waals surface area contributed by atoms with Gasteiger partial charge < -0.3 is 9.84 Å². The summed E-state index contributed by atoms with van der Waals surface area (Å²) in [6.07, 6.45) is 25.2. The van der Waals surface area contributed by atoms with Crippen molar-refractivity contribution in [2.45, 2.75) is 117 Å². The standard InChI is InChI=1S/C22H40O2.C2H4O2/c1-3-5-7-8-9-10-11-12-13-14-15-16-17-18-19-20-22(23)24-21-6-4-2;1-2(3)4/h4,6,21H,2-3,5,7-20H2,1H3;1H3,(H,3,4). The number of aliphatic carboxylic acids is 1. The predicted molar refractivity (Wildman–Crippen MR) is 118 cm³/mol. The number of hydrogen-bond acceptors (Lipinski definition) is 3. The summed E-state index contributed by atoms with van der Waals surface area (Å²) in [6, 6.07) is 0. The van der Waals surface area contributed by atoms with E-state index in [-0.39, 0.29) is 5.97 Å². The molecule has 1 N–H and O–H groups in total. The summed E-state index contributed by atoms with van der Waals surface area (Å²) in [7, 11) is 0. The lowest BCUT2D eigenvalue weighted by molar-refractivity contribution is -0.138.